The first-order chi connectivity index (χ1) is 10.6. The van der Waals surface area contributed by atoms with Gasteiger partial charge in [0, 0.05) is 21.5 Å². The predicted molar refractivity (Wildman–Crippen MR) is 94.3 cm³/mol. The van der Waals surface area contributed by atoms with Crippen molar-refractivity contribution in [2.24, 2.45) is 0 Å². The molecular weight excluding hydrogens is 362 g/mol. The van der Waals surface area contributed by atoms with Gasteiger partial charge in [-0.25, -0.2) is 0 Å². The Morgan fingerprint density at radius 3 is 2.59 bits per heavy atom. The van der Waals surface area contributed by atoms with Gasteiger partial charge in [-0.15, -0.1) is 11.8 Å². The van der Waals surface area contributed by atoms with Gasteiger partial charge in [0.1, 0.15) is 5.75 Å². The fraction of sp³-hybridized carbons (Fsp3) is 0.235. The minimum atomic E-state index is -0.157. The second-order valence-corrected chi connectivity index (χ2v) is 7.07. The minimum absolute atomic E-state index is 0.0128. The third kappa shape index (κ3) is 4.78. The number of thioether (sulfide) groups is 1. The lowest BCUT2D eigenvalue weighted by molar-refractivity contribution is -0.120. The molecule has 1 amide bonds. The molecule has 0 aliphatic rings. The fourth-order valence-electron chi connectivity index (χ4n) is 1.95. The van der Waals surface area contributed by atoms with Gasteiger partial charge in [-0.3, -0.25) is 4.79 Å². The maximum atomic E-state index is 12.2. The van der Waals surface area contributed by atoms with Crippen molar-refractivity contribution in [2.45, 2.75) is 23.6 Å². The molecule has 2 aromatic rings. The summed E-state index contributed by atoms with van der Waals surface area (Å²) in [7, 11) is 1.63. The van der Waals surface area contributed by atoms with Gasteiger partial charge >= 0.3 is 0 Å². The molecule has 1 atom stereocenters. The summed E-state index contributed by atoms with van der Waals surface area (Å²) >= 11 is 4.95. The molecule has 2 aromatic carbocycles. The van der Waals surface area contributed by atoms with Crippen molar-refractivity contribution in [1.29, 1.82) is 0 Å². The molecule has 0 heterocycles. The van der Waals surface area contributed by atoms with Gasteiger partial charge in [0.2, 0.25) is 5.91 Å². The maximum absolute atomic E-state index is 12.2. The van der Waals surface area contributed by atoms with Crippen molar-refractivity contribution in [3.05, 3.63) is 58.6 Å². The van der Waals surface area contributed by atoms with Crippen LogP contribution in [0, 0.1) is 0 Å². The van der Waals surface area contributed by atoms with Gasteiger partial charge in [0.15, 0.2) is 0 Å². The van der Waals surface area contributed by atoms with E-state index in [2.05, 4.69) is 21.2 Å². The third-order valence-corrected chi connectivity index (χ3v) is 4.78. The SMILES string of the molecule is COc1ccccc1CNC(=O)C(C)Sc1ccc(Br)cc1. The largest absolute Gasteiger partial charge is 0.496 e. The summed E-state index contributed by atoms with van der Waals surface area (Å²) in [5, 5.41) is 2.80. The molecule has 22 heavy (non-hydrogen) atoms. The molecule has 0 saturated carbocycles. The predicted octanol–water partition coefficient (Wildman–Crippen LogP) is 4.25. The second-order valence-electron chi connectivity index (χ2n) is 4.74. The molecule has 0 aromatic heterocycles. The summed E-state index contributed by atoms with van der Waals surface area (Å²) in [6.07, 6.45) is 0. The molecule has 2 rings (SSSR count). The lowest BCUT2D eigenvalue weighted by Gasteiger charge is -2.13. The number of rotatable bonds is 6. The third-order valence-electron chi connectivity index (χ3n) is 3.14. The number of hydrogen-bond donors (Lipinski definition) is 1. The number of hydrogen-bond acceptors (Lipinski definition) is 3. The van der Waals surface area contributed by atoms with Crippen LogP contribution in [0.5, 0.6) is 5.75 Å². The first kappa shape index (κ1) is 16.9. The van der Waals surface area contributed by atoms with Gasteiger partial charge in [-0.05, 0) is 37.3 Å². The van der Waals surface area contributed by atoms with Crippen LogP contribution in [0.4, 0.5) is 0 Å². The quantitative estimate of drug-likeness (QED) is 0.762. The van der Waals surface area contributed by atoms with Gasteiger partial charge in [0.25, 0.3) is 0 Å². The Bertz CT molecular complexity index is 631. The average molecular weight is 380 g/mol. The van der Waals surface area contributed by atoms with E-state index in [1.165, 1.54) is 0 Å². The molecule has 0 aliphatic carbocycles. The van der Waals surface area contributed by atoms with Gasteiger partial charge in [-0.1, -0.05) is 34.1 Å². The lowest BCUT2D eigenvalue weighted by atomic mass is 10.2. The molecular formula is C17H18BrNO2S. The average Bonchev–Trinajstić information content (AvgIpc) is 2.54. The topological polar surface area (TPSA) is 38.3 Å². The van der Waals surface area contributed by atoms with E-state index in [0.29, 0.717) is 6.54 Å². The second kappa shape index (κ2) is 8.25. The van der Waals surface area contributed by atoms with E-state index in [0.717, 1.165) is 20.7 Å². The number of benzene rings is 2. The molecule has 116 valence electrons. The highest BCUT2D eigenvalue weighted by Crippen LogP contribution is 2.25. The van der Waals surface area contributed by atoms with Gasteiger partial charge in [0.05, 0.1) is 12.4 Å². The number of carbonyl (C=O) groups is 1. The molecule has 3 nitrogen and oxygen atoms in total. The van der Waals surface area contributed by atoms with E-state index in [4.69, 9.17) is 4.74 Å². The highest BCUT2D eigenvalue weighted by molar-refractivity contribution is 9.10. The summed E-state index contributed by atoms with van der Waals surface area (Å²) in [5.41, 5.74) is 0.971. The minimum Gasteiger partial charge on any atom is -0.496 e. The first-order valence-corrected chi connectivity index (χ1v) is 8.59. The molecule has 1 unspecified atom stereocenters. The first-order valence-electron chi connectivity index (χ1n) is 6.92. The van der Waals surface area contributed by atoms with Crippen molar-refractivity contribution in [2.75, 3.05) is 7.11 Å². The number of amides is 1. The highest BCUT2D eigenvalue weighted by atomic mass is 79.9. The molecule has 0 fully saturated rings. The molecule has 0 spiro atoms. The van der Waals surface area contributed by atoms with Crippen LogP contribution in [-0.2, 0) is 11.3 Å². The lowest BCUT2D eigenvalue weighted by Crippen LogP contribution is -2.30. The Morgan fingerprint density at radius 1 is 1.23 bits per heavy atom. The van der Waals surface area contributed by atoms with E-state index < -0.39 is 0 Å². The molecule has 0 radical (unpaired) electrons. The zero-order chi connectivity index (χ0) is 15.9. The normalized spacial score (nSPS) is 11.8. The van der Waals surface area contributed by atoms with Crippen molar-refractivity contribution in [3.8, 4) is 5.75 Å². The van der Waals surface area contributed by atoms with Crippen LogP contribution >= 0.6 is 27.7 Å². The Balaban J connectivity index is 1.90. The Morgan fingerprint density at radius 2 is 1.91 bits per heavy atom. The number of methoxy groups -OCH3 is 1. The Labute approximate surface area is 143 Å². The Kier molecular flexibility index (Phi) is 6.34. The number of para-hydroxylation sites is 1. The fourth-order valence-corrected chi connectivity index (χ4v) is 3.10. The summed E-state index contributed by atoms with van der Waals surface area (Å²) in [5.74, 6) is 0.801. The molecule has 1 N–H and O–H groups in total. The van der Waals surface area contributed by atoms with E-state index in [1.807, 2.05) is 55.5 Å². The van der Waals surface area contributed by atoms with Crippen LogP contribution in [0.2, 0.25) is 0 Å². The van der Waals surface area contributed by atoms with E-state index in [1.54, 1.807) is 18.9 Å². The molecule has 0 bridgehead atoms. The van der Waals surface area contributed by atoms with Gasteiger partial charge in [-0.2, -0.15) is 0 Å². The van der Waals surface area contributed by atoms with E-state index in [9.17, 15) is 4.79 Å². The van der Waals surface area contributed by atoms with Crippen molar-refractivity contribution in [1.82, 2.24) is 5.32 Å². The maximum Gasteiger partial charge on any atom is 0.233 e. The number of halogens is 1. The molecule has 5 heteroatoms. The van der Waals surface area contributed by atoms with Gasteiger partial charge < -0.3 is 10.1 Å². The van der Waals surface area contributed by atoms with Crippen molar-refractivity contribution < 1.29 is 9.53 Å². The monoisotopic (exact) mass is 379 g/mol. The van der Waals surface area contributed by atoms with Crippen LogP contribution in [-0.4, -0.2) is 18.3 Å². The molecule has 0 saturated heterocycles. The zero-order valence-electron chi connectivity index (χ0n) is 12.5. The van der Waals surface area contributed by atoms with E-state index in [-0.39, 0.29) is 11.2 Å². The Hall–Kier alpha value is -1.46. The molecule has 0 aliphatic heterocycles. The van der Waals surface area contributed by atoms with Crippen LogP contribution in [0.15, 0.2) is 57.9 Å². The van der Waals surface area contributed by atoms with Crippen LogP contribution in [0.25, 0.3) is 0 Å². The number of nitrogens with one attached hydrogen (secondary N) is 1. The van der Waals surface area contributed by atoms with Crippen LogP contribution < -0.4 is 10.1 Å². The summed E-state index contributed by atoms with van der Waals surface area (Å²) < 4.78 is 6.32. The summed E-state index contributed by atoms with van der Waals surface area (Å²) in [6.45, 7) is 2.37. The van der Waals surface area contributed by atoms with Crippen LogP contribution in [0.3, 0.4) is 0 Å². The zero-order valence-corrected chi connectivity index (χ0v) is 14.9. The summed E-state index contributed by atoms with van der Waals surface area (Å²) in [4.78, 5) is 13.3. The number of carbonyl (C=O) groups excluding carboxylic acids is 1. The standard InChI is InChI=1S/C17H18BrNO2S/c1-12(22-15-9-7-14(18)8-10-15)17(20)19-11-13-5-3-4-6-16(13)21-2/h3-10,12H,11H2,1-2H3,(H,19,20). The number of ether oxygens (including phenoxy) is 1. The van der Waals surface area contributed by atoms with Crippen molar-refractivity contribution in [3.63, 3.8) is 0 Å². The summed E-state index contributed by atoms with van der Waals surface area (Å²) in [6, 6.07) is 15.6. The van der Waals surface area contributed by atoms with Crippen molar-refractivity contribution >= 4 is 33.6 Å². The van der Waals surface area contributed by atoms with Crippen LogP contribution in [0.1, 0.15) is 12.5 Å². The van der Waals surface area contributed by atoms with E-state index >= 15 is 0 Å². The smallest absolute Gasteiger partial charge is 0.233 e. The highest BCUT2D eigenvalue weighted by Gasteiger charge is 2.14.